The Balaban J connectivity index is 2.39. The van der Waals surface area contributed by atoms with E-state index in [1.54, 1.807) is 19.1 Å². The van der Waals surface area contributed by atoms with Crippen LogP contribution < -0.4 is 0 Å². The molecule has 78 valence electrons. The molecule has 0 saturated carbocycles. The number of carbonyl (C=O) groups excluding carboxylic acids is 1. The largest absolute Gasteiger partial charge is 0.437 e. The van der Waals surface area contributed by atoms with E-state index in [0.29, 0.717) is 11.9 Å². The lowest BCUT2D eigenvalue weighted by Gasteiger charge is -1.90. The van der Waals surface area contributed by atoms with Gasteiger partial charge in [-0.15, -0.1) is 0 Å². The van der Waals surface area contributed by atoms with E-state index < -0.39 is 5.82 Å². The molecule has 0 spiro atoms. The topological polar surface area (TPSA) is 43.1 Å². The summed E-state index contributed by atoms with van der Waals surface area (Å²) in [4.78, 5) is 15.2. The van der Waals surface area contributed by atoms with E-state index in [-0.39, 0.29) is 23.7 Å². The summed E-state index contributed by atoms with van der Waals surface area (Å²) in [5.41, 5.74) is 0.574. The van der Waals surface area contributed by atoms with E-state index in [9.17, 15) is 9.18 Å². The van der Waals surface area contributed by atoms with Crippen LogP contribution in [0, 0.1) is 5.82 Å². The number of halogens is 1. The number of hydrogen-bond donors (Lipinski definition) is 0. The maximum absolute atomic E-state index is 13.2. The number of nitrogens with zero attached hydrogens (tertiary/aromatic N) is 1. The number of para-hydroxylation sites is 1. The van der Waals surface area contributed by atoms with Gasteiger partial charge in [-0.25, -0.2) is 9.37 Å². The Morgan fingerprint density at radius 1 is 1.53 bits per heavy atom. The normalized spacial score (nSPS) is 10.8. The molecule has 0 amide bonds. The smallest absolute Gasteiger partial charge is 0.203 e. The third kappa shape index (κ3) is 1.88. The SMILES string of the molecule is CCC(=O)Cc1nc2cccc(F)c2o1. The second-order valence-electron chi connectivity index (χ2n) is 3.26. The lowest BCUT2D eigenvalue weighted by atomic mass is 10.2. The highest BCUT2D eigenvalue weighted by Gasteiger charge is 2.11. The number of Topliss-reactive ketones (excluding diaryl/α,β-unsaturated/α-hetero) is 1. The standard InChI is InChI=1S/C11H10FNO2/c1-2-7(14)6-10-13-9-5-3-4-8(12)11(9)15-10/h3-5H,2,6H2,1H3. The van der Waals surface area contributed by atoms with E-state index in [2.05, 4.69) is 4.98 Å². The van der Waals surface area contributed by atoms with Crippen molar-refractivity contribution in [2.45, 2.75) is 19.8 Å². The van der Waals surface area contributed by atoms with E-state index in [0.717, 1.165) is 0 Å². The van der Waals surface area contributed by atoms with E-state index in [1.807, 2.05) is 0 Å². The van der Waals surface area contributed by atoms with Crippen molar-refractivity contribution >= 4 is 16.9 Å². The molecule has 0 atom stereocenters. The number of carbonyl (C=O) groups is 1. The van der Waals surface area contributed by atoms with Crippen molar-refractivity contribution in [1.82, 2.24) is 4.98 Å². The van der Waals surface area contributed by atoms with Gasteiger partial charge in [0.2, 0.25) is 5.89 Å². The maximum atomic E-state index is 13.2. The highest BCUT2D eigenvalue weighted by molar-refractivity contribution is 5.81. The van der Waals surface area contributed by atoms with Crippen LogP contribution in [0.25, 0.3) is 11.1 Å². The number of benzene rings is 1. The highest BCUT2D eigenvalue weighted by atomic mass is 19.1. The molecule has 0 bridgehead atoms. The van der Waals surface area contributed by atoms with Crippen LogP contribution in [0.2, 0.25) is 0 Å². The van der Waals surface area contributed by atoms with Gasteiger partial charge in [0.05, 0.1) is 6.42 Å². The fourth-order valence-corrected chi connectivity index (χ4v) is 1.33. The molecule has 0 saturated heterocycles. The summed E-state index contributed by atoms with van der Waals surface area (Å²) in [6.07, 6.45) is 0.561. The Morgan fingerprint density at radius 3 is 3.00 bits per heavy atom. The van der Waals surface area contributed by atoms with Crippen LogP contribution in [0.15, 0.2) is 22.6 Å². The second kappa shape index (κ2) is 3.81. The zero-order valence-corrected chi connectivity index (χ0v) is 8.29. The van der Waals surface area contributed by atoms with Gasteiger partial charge >= 0.3 is 0 Å². The number of oxazole rings is 1. The van der Waals surface area contributed by atoms with Crippen molar-refractivity contribution in [1.29, 1.82) is 0 Å². The van der Waals surface area contributed by atoms with Gasteiger partial charge < -0.3 is 4.42 Å². The van der Waals surface area contributed by atoms with Crippen molar-refractivity contribution in [2.75, 3.05) is 0 Å². The first kappa shape index (κ1) is 9.83. The molecule has 0 radical (unpaired) electrons. The molecule has 3 nitrogen and oxygen atoms in total. The zero-order chi connectivity index (χ0) is 10.8. The van der Waals surface area contributed by atoms with E-state index >= 15 is 0 Å². The fourth-order valence-electron chi connectivity index (χ4n) is 1.33. The van der Waals surface area contributed by atoms with Crippen molar-refractivity contribution in [3.63, 3.8) is 0 Å². The monoisotopic (exact) mass is 207 g/mol. The summed E-state index contributed by atoms with van der Waals surface area (Å²) in [6.45, 7) is 1.77. The van der Waals surface area contributed by atoms with Gasteiger partial charge in [0.15, 0.2) is 11.4 Å². The van der Waals surface area contributed by atoms with Gasteiger partial charge in [-0.3, -0.25) is 4.79 Å². The first-order chi connectivity index (χ1) is 7.20. The van der Waals surface area contributed by atoms with Crippen LogP contribution in [-0.4, -0.2) is 10.8 Å². The predicted octanol–water partition coefficient (Wildman–Crippen LogP) is 2.49. The third-order valence-electron chi connectivity index (χ3n) is 2.15. The van der Waals surface area contributed by atoms with Crippen LogP contribution in [0.5, 0.6) is 0 Å². The summed E-state index contributed by atoms with van der Waals surface area (Å²) in [5, 5.41) is 0. The number of aromatic nitrogens is 1. The van der Waals surface area contributed by atoms with Gasteiger partial charge in [0.25, 0.3) is 0 Å². The second-order valence-corrected chi connectivity index (χ2v) is 3.26. The lowest BCUT2D eigenvalue weighted by molar-refractivity contribution is -0.118. The van der Waals surface area contributed by atoms with Gasteiger partial charge in [-0.05, 0) is 12.1 Å². The average molecular weight is 207 g/mol. The molecule has 0 aliphatic heterocycles. The number of hydrogen-bond acceptors (Lipinski definition) is 3. The van der Waals surface area contributed by atoms with Crippen LogP contribution >= 0.6 is 0 Å². The van der Waals surface area contributed by atoms with Crippen LogP contribution in [0.1, 0.15) is 19.2 Å². The quantitative estimate of drug-likeness (QED) is 0.776. The minimum absolute atomic E-state index is 0.0296. The minimum Gasteiger partial charge on any atom is -0.437 e. The third-order valence-corrected chi connectivity index (χ3v) is 2.15. The molecule has 2 rings (SSSR count). The van der Waals surface area contributed by atoms with Gasteiger partial charge in [-0.1, -0.05) is 13.0 Å². The van der Waals surface area contributed by atoms with Crippen molar-refractivity contribution in [3.05, 3.63) is 29.9 Å². The summed E-state index contributed by atoms with van der Waals surface area (Å²) in [6, 6.07) is 4.52. The van der Waals surface area contributed by atoms with Crippen LogP contribution in [0.4, 0.5) is 4.39 Å². The summed E-state index contributed by atoms with van der Waals surface area (Å²) in [7, 11) is 0. The molecule has 4 heteroatoms. The van der Waals surface area contributed by atoms with E-state index in [1.165, 1.54) is 6.07 Å². The Kier molecular flexibility index (Phi) is 2.49. The molecule has 2 aromatic rings. The Hall–Kier alpha value is -1.71. The highest BCUT2D eigenvalue weighted by Crippen LogP contribution is 2.18. The average Bonchev–Trinajstić information content (AvgIpc) is 2.62. The number of fused-ring (bicyclic) bond motifs is 1. The molecular weight excluding hydrogens is 197 g/mol. The van der Waals surface area contributed by atoms with Gasteiger partial charge in [0.1, 0.15) is 11.3 Å². The molecule has 1 aromatic heterocycles. The predicted molar refractivity (Wildman–Crippen MR) is 53.0 cm³/mol. The maximum Gasteiger partial charge on any atom is 0.203 e. The Morgan fingerprint density at radius 2 is 2.33 bits per heavy atom. The minimum atomic E-state index is -0.449. The van der Waals surface area contributed by atoms with Crippen molar-refractivity contribution in [2.24, 2.45) is 0 Å². The molecule has 1 heterocycles. The number of rotatable bonds is 3. The first-order valence-electron chi connectivity index (χ1n) is 4.76. The molecule has 1 aromatic carbocycles. The van der Waals surface area contributed by atoms with E-state index in [4.69, 9.17) is 4.42 Å². The molecule has 0 N–H and O–H groups in total. The van der Waals surface area contributed by atoms with Crippen molar-refractivity contribution < 1.29 is 13.6 Å². The molecule has 0 unspecified atom stereocenters. The summed E-state index contributed by atoms with van der Waals surface area (Å²) >= 11 is 0. The van der Waals surface area contributed by atoms with Gasteiger partial charge in [0, 0.05) is 6.42 Å². The Labute approximate surface area is 85.9 Å². The summed E-state index contributed by atoms with van der Waals surface area (Å²) < 4.78 is 18.4. The summed E-state index contributed by atoms with van der Waals surface area (Å²) in [5.74, 6) is -0.140. The van der Waals surface area contributed by atoms with Crippen LogP contribution in [0.3, 0.4) is 0 Å². The fraction of sp³-hybridized carbons (Fsp3) is 0.273. The number of ketones is 1. The lowest BCUT2D eigenvalue weighted by Crippen LogP contribution is -1.99. The molecule has 0 aliphatic rings. The van der Waals surface area contributed by atoms with Crippen LogP contribution in [-0.2, 0) is 11.2 Å². The Bertz CT molecular complexity index is 504. The first-order valence-corrected chi connectivity index (χ1v) is 4.76. The molecule has 0 fully saturated rings. The van der Waals surface area contributed by atoms with Gasteiger partial charge in [-0.2, -0.15) is 0 Å². The molecular formula is C11H10FNO2. The zero-order valence-electron chi connectivity index (χ0n) is 8.29. The van der Waals surface area contributed by atoms with Crippen molar-refractivity contribution in [3.8, 4) is 0 Å². The molecule has 15 heavy (non-hydrogen) atoms. The molecule has 0 aliphatic carbocycles.